The number of carbonyl (C=O) groups excluding carboxylic acids is 2. The number of rotatable bonds is 2. The summed E-state index contributed by atoms with van der Waals surface area (Å²) in [7, 11) is 1.75. The predicted molar refractivity (Wildman–Crippen MR) is 83.8 cm³/mol. The van der Waals surface area contributed by atoms with E-state index in [1.54, 1.807) is 17.8 Å². The molecule has 0 spiro atoms. The molecule has 0 saturated heterocycles. The molecule has 0 bridgehead atoms. The summed E-state index contributed by atoms with van der Waals surface area (Å²) in [5, 5.41) is 10.0. The van der Waals surface area contributed by atoms with Crippen LogP contribution in [0.25, 0.3) is 0 Å². The molecule has 6 heteroatoms. The summed E-state index contributed by atoms with van der Waals surface area (Å²) < 4.78 is 1.59. The molecule has 2 heterocycles. The van der Waals surface area contributed by atoms with E-state index in [2.05, 4.69) is 15.7 Å². The fourth-order valence-electron chi connectivity index (χ4n) is 2.66. The summed E-state index contributed by atoms with van der Waals surface area (Å²) >= 11 is 0. The zero-order chi connectivity index (χ0) is 15.9. The number of aromatic nitrogens is 2. The van der Waals surface area contributed by atoms with Crippen molar-refractivity contribution in [2.45, 2.75) is 20.3 Å². The molecule has 2 aromatic rings. The molecule has 1 aromatic heterocycles. The Morgan fingerprint density at radius 1 is 1.41 bits per heavy atom. The molecule has 1 atom stereocenters. The lowest BCUT2D eigenvalue weighted by Crippen LogP contribution is -2.28. The number of benzene rings is 1. The Morgan fingerprint density at radius 2 is 2.14 bits per heavy atom. The van der Waals surface area contributed by atoms with Crippen LogP contribution < -0.4 is 10.6 Å². The summed E-state index contributed by atoms with van der Waals surface area (Å²) in [5.74, 6) is 0.822. The first-order valence-corrected chi connectivity index (χ1v) is 7.21. The SMILES string of the molecule is Cc1ccccc1C(=O)Nc1nn(C)c2c1C[C@@H](C)C(=O)N2. The van der Waals surface area contributed by atoms with Crippen molar-refractivity contribution in [1.29, 1.82) is 0 Å². The third kappa shape index (κ3) is 2.36. The van der Waals surface area contributed by atoms with Crippen LogP contribution in [0.4, 0.5) is 11.6 Å². The molecular weight excluding hydrogens is 280 g/mol. The van der Waals surface area contributed by atoms with Gasteiger partial charge in [0.05, 0.1) is 0 Å². The standard InChI is InChI=1S/C16H18N4O2/c1-9-6-4-5-7-11(9)16(22)17-13-12-8-10(2)15(21)18-14(12)20(3)19-13/h4-7,10H,8H2,1-3H3,(H,18,21)(H,17,19,22)/t10-/m1/s1. The Morgan fingerprint density at radius 3 is 2.86 bits per heavy atom. The van der Waals surface area contributed by atoms with Gasteiger partial charge in [-0.05, 0) is 25.0 Å². The second-order valence-electron chi connectivity index (χ2n) is 5.66. The number of hydrogen-bond acceptors (Lipinski definition) is 3. The van der Waals surface area contributed by atoms with E-state index in [1.807, 2.05) is 32.0 Å². The second kappa shape index (κ2) is 5.29. The van der Waals surface area contributed by atoms with Crippen LogP contribution in [0, 0.1) is 12.8 Å². The minimum atomic E-state index is -0.191. The highest BCUT2D eigenvalue weighted by molar-refractivity contribution is 6.06. The van der Waals surface area contributed by atoms with Crippen molar-refractivity contribution in [1.82, 2.24) is 9.78 Å². The lowest BCUT2D eigenvalue weighted by molar-refractivity contribution is -0.119. The number of nitrogens with one attached hydrogen (secondary N) is 2. The number of amides is 2. The van der Waals surface area contributed by atoms with Gasteiger partial charge in [0.1, 0.15) is 5.82 Å². The molecule has 0 aliphatic carbocycles. The van der Waals surface area contributed by atoms with Gasteiger partial charge in [0.2, 0.25) is 5.91 Å². The maximum Gasteiger partial charge on any atom is 0.257 e. The van der Waals surface area contributed by atoms with Crippen molar-refractivity contribution in [3.63, 3.8) is 0 Å². The maximum atomic E-state index is 12.4. The molecule has 6 nitrogen and oxygen atoms in total. The molecule has 3 rings (SSSR count). The van der Waals surface area contributed by atoms with Crippen LogP contribution in [0.15, 0.2) is 24.3 Å². The second-order valence-corrected chi connectivity index (χ2v) is 5.66. The molecule has 22 heavy (non-hydrogen) atoms. The van der Waals surface area contributed by atoms with Crippen molar-refractivity contribution in [3.05, 3.63) is 41.0 Å². The van der Waals surface area contributed by atoms with Crippen LogP contribution in [0.5, 0.6) is 0 Å². The smallest absolute Gasteiger partial charge is 0.257 e. The van der Waals surface area contributed by atoms with Crippen LogP contribution in [0.3, 0.4) is 0 Å². The Kier molecular flexibility index (Phi) is 3.44. The molecule has 0 unspecified atom stereocenters. The Balaban J connectivity index is 1.91. The zero-order valence-electron chi connectivity index (χ0n) is 12.8. The Labute approximate surface area is 128 Å². The van der Waals surface area contributed by atoms with Crippen LogP contribution in [-0.4, -0.2) is 21.6 Å². The van der Waals surface area contributed by atoms with E-state index < -0.39 is 0 Å². The van der Waals surface area contributed by atoms with Crippen LogP contribution >= 0.6 is 0 Å². The van der Waals surface area contributed by atoms with E-state index in [4.69, 9.17) is 0 Å². The highest BCUT2D eigenvalue weighted by Crippen LogP contribution is 2.31. The molecule has 0 radical (unpaired) electrons. The van der Waals surface area contributed by atoms with Crippen molar-refractivity contribution in [3.8, 4) is 0 Å². The van der Waals surface area contributed by atoms with Gasteiger partial charge in [-0.15, -0.1) is 0 Å². The first-order chi connectivity index (χ1) is 10.5. The number of nitrogens with zero attached hydrogens (tertiary/aromatic N) is 2. The van der Waals surface area contributed by atoms with Crippen molar-refractivity contribution >= 4 is 23.5 Å². The number of hydrogen-bond donors (Lipinski definition) is 2. The fourth-order valence-corrected chi connectivity index (χ4v) is 2.66. The first-order valence-electron chi connectivity index (χ1n) is 7.21. The molecule has 114 valence electrons. The van der Waals surface area contributed by atoms with Crippen molar-refractivity contribution in [2.75, 3.05) is 10.6 Å². The minimum absolute atomic E-state index is 0.0210. The van der Waals surface area contributed by atoms with Gasteiger partial charge in [-0.2, -0.15) is 5.10 Å². The highest BCUT2D eigenvalue weighted by atomic mass is 16.2. The average molecular weight is 298 g/mol. The largest absolute Gasteiger partial charge is 0.310 e. The topological polar surface area (TPSA) is 76.0 Å². The lowest BCUT2D eigenvalue weighted by atomic mass is 9.98. The molecule has 1 aromatic carbocycles. The lowest BCUT2D eigenvalue weighted by Gasteiger charge is -2.19. The van der Waals surface area contributed by atoms with Gasteiger partial charge in [0.25, 0.3) is 5.91 Å². The molecular formula is C16H18N4O2. The summed E-state index contributed by atoms with van der Waals surface area (Å²) in [4.78, 5) is 24.2. The van der Waals surface area contributed by atoms with Crippen LogP contribution in [0.2, 0.25) is 0 Å². The average Bonchev–Trinajstić information content (AvgIpc) is 2.76. The monoisotopic (exact) mass is 298 g/mol. The third-order valence-electron chi connectivity index (χ3n) is 3.97. The highest BCUT2D eigenvalue weighted by Gasteiger charge is 2.29. The third-order valence-corrected chi connectivity index (χ3v) is 3.97. The Hall–Kier alpha value is -2.63. The number of fused-ring (bicyclic) bond motifs is 1. The number of aryl methyl sites for hydroxylation is 2. The number of anilines is 2. The van der Waals surface area contributed by atoms with Gasteiger partial charge in [-0.1, -0.05) is 25.1 Å². The maximum absolute atomic E-state index is 12.4. The molecule has 0 saturated carbocycles. The number of carbonyl (C=O) groups is 2. The van der Waals surface area contributed by atoms with Crippen molar-refractivity contribution in [2.24, 2.45) is 13.0 Å². The summed E-state index contributed by atoms with van der Waals surface area (Å²) in [6.07, 6.45) is 0.568. The van der Waals surface area contributed by atoms with Gasteiger partial charge >= 0.3 is 0 Å². The minimum Gasteiger partial charge on any atom is -0.310 e. The van der Waals surface area contributed by atoms with E-state index in [9.17, 15) is 9.59 Å². The quantitative estimate of drug-likeness (QED) is 0.891. The van der Waals surface area contributed by atoms with E-state index in [0.717, 1.165) is 11.1 Å². The first kappa shape index (κ1) is 14.3. The summed E-state index contributed by atoms with van der Waals surface area (Å²) in [6.45, 7) is 3.75. The van der Waals surface area contributed by atoms with Crippen LogP contribution in [0.1, 0.15) is 28.4 Å². The molecule has 2 amide bonds. The Bertz CT molecular complexity index is 764. The fraction of sp³-hybridized carbons (Fsp3) is 0.312. The van der Waals surface area contributed by atoms with E-state index >= 15 is 0 Å². The van der Waals surface area contributed by atoms with Gasteiger partial charge in [0, 0.05) is 24.1 Å². The van der Waals surface area contributed by atoms with Crippen LogP contribution in [-0.2, 0) is 18.3 Å². The molecule has 0 fully saturated rings. The van der Waals surface area contributed by atoms with E-state index in [1.165, 1.54) is 0 Å². The van der Waals surface area contributed by atoms with E-state index in [0.29, 0.717) is 23.6 Å². The zero-order valence-corrected chi connectivity index (χ0v) is 12.8. The summed E-state index contributed by atoms with van der Waals surface area (Å²) in [6, 6.07) is 7.40. The molecule has 1 aliphatic heterocycles. The molecule has 1 aliphatic rings. The normalized spacial score (nSPS) is 16.9. The summed E-state index contributed by atoms with van der Waals surface area (Å²) in [5.41, 5.74) is 2.40. The van der Waals surface area contributed by atoms with Crippen molar-refractivity contribution < 1.29 is 9.59 Å². The molecule has 2 N–H and O–H groups in total. The van der Waals surface area contributed by atoms with Gasteiger partial charge in [-0.3, -0.25) is 14.3 Å². The van der Waals surface area contributed by atoms with E-state index in [-0.39, 0.29) is 17.7 Å². The van der Waals surface area contributed by atoms with Gasteiger partial charge < -0.3 is 10.6 Å². The van der Waals surface area contributed by atoms with Gasteiger partial charge in [-0.25, -0.2) is 0 Å². The predicted octanol–water partition coefficient (Wildman–Crippen LogP) is 2.11. The van der Waals surface area contributed by atoms with Gasteiger partial charge in [0.15, 0.2) is 5.82 Å².